The van der Waals surface area contributed by atoms with E-state index < -0.39 is 0 Å². The number of fused-ring (bicyclic) bond motifs is 1. The number of hydrogen-bond acceptors (Lipinski definition) is 4. The van der Waals surface area contributed by atoms with Crippen molar-refractivity contribution in [1.82, 2.24) is 14.6 Å². The molecule has 0 bridgehead atoms. The van der Waals surface area contributed by atoms with E-state index in [1.54, 1.807) is 18.2 Å². The first-order valence-electron chi connectivity index (χ1n) is 5.88. The third-order valence-electron chi connectivity index (χ3n) is 2.91. The summed E-state index contributed by atoms with van der Waals surface area (Å²) in [6, 6.07) is 10.9. The number of halogens is 1. The Morgan fingerprint density at radius 3 is 2.90 bits per heavy atom. The highest BCUT2D eigenvalue weighted by Gasteiger charge is 2.11. The summed E-state index contributed by atoms with van der Waals surface area (Å²) in [5, 5.41) is 8.28. The molecular weight excluding hydrogens is 322 g/mol. The summed E-state index contributed by atoms with van der Waals surface area (Å²) < 4.78 is 7.51. The van der Waals surface area contributed by atoms with E-state index in [-0.39, 0.29) is 5.97 Å². The molecule has 0 radical (unpaired) electrons. The molecule has 0 amide bonds. The number of rotatable bonds is 2. The highest BCUT2D eigenvalue weighted by Crippen LogP contribution is 2.21. The van der Waals surface area contributed by atoms with Gasteiger partial charge in [-0.15, -0.1) is 10.2 Å². The lowest BCUT2D eigenvalue weighted by atomic mass is 10.1. The van der Waals surface area contributed by atoms with E-state index in [0.717, 1.165) is 15.7 Å². The molecule has 0 unspecified atom stereocenters. The maximum atomic E-state index is 11.6. The largest absolute Gasteiger partial charge is 0.465 e. The Bertz CT molecular complexity index is 798. The lowest BCUT2D eigenvalue weighted by Gasteiger charge is -2.03. The van der Waals surface area contributed by atoms with Crippen LogP contribution in [0.1, 0.15) is 10.4 Å². The molecule has 3 rings (SSSR count). The van der Waals surface area contributed by atoms with Gasteiger partial charge in [-0.25, -0.2) is 4.79 Å². The van der Waals surface area contributed by atoms with Crippen LogP contribution in [0, 0.1) is 0 Å². The Morgan fingerprint density at radius 2 is 2.10 bits per heavy atom. The number of benzene rings is 1. The minimum absolute atomic E-state index is 0.373. The smallest absolute Gasteiger partial charge is 0.337 e. The molecule has 100 valence electrons. The van der Waals surface area contributed by atoms with Gasteiger partial charge in [-0.1, -0.05) is 12.1 Å². The van der Waals surface area contributed by atoms with Gasteiger partial charge in [0.15, 0.2) is 11.5 Å². The third kappa shape index (κ3) is 2.18. The second kappa shape index (κ2) is 5.05. The van der Waals surface area contributed by atoms with Crippen molar-refractivity contribution in [3.8, 4) is 11.4 Å². The summed E-state index contributed by atoms with van der Waals surface area (Å²) in [5.74, 6) is 0.300. The van der Waals surface area contributed by atoms with Gasteiger partial charge in [0.25, 0.3) is 0 Å². The Kier molecular flexibility index (Phi) is 3.23. The number of carbonyl (C=O) groups excluding carboxylic acids is 1. The van der Waals surface area contributed by atoms with Crippen LogP contribution in [-0.4, -0.2) is 27.7 Å². The fourth-order valence-electron chi connectivity index (χ4n) is 1.96. The maximum absolute atomic E-state index is 11.6. The normalized spacial score (nSPS) is 10.7. The molecule has 0 N–H and O–H groups in total. The van der Waals surface area contributed by atoms with Gasteiger partial charge in [0, 0.05) is 16.2 Å². The zero-order valence-electron chi connectivity index (χ0n) is 10.6. The maximum Gasteiger partial charge on any atom is 0.337 e. The Balaban J connectivity index is 2.16. The topological polar surface area (TPSA) is 56.5 Å². The number of ether oxygens (including phenoxy) is 1. The third-order valence-corrected chi connectivity index (χ3v) is 3.38. The van der Waals surface area contributed by atoms with E-state index in [9.17, 15) is 4.79 Å². The molecule has 2 heterocycles. The number of nitrogens with zero attached hydrogens (tertiary/aromatic N) is 3. The van der Waals surface area contributed by atoms with Crippen LogP contribution in [-0.2, 0) is 4.74 Å². The Labute approximate surface area is 123 Å². The molecule has 0 aliphatic rings. The average molecular weight is 332 g/mol. The molecule has 5 nitrogen and oxygen atoms in total. The summed E-state index contributed by atoms with van der Waals surface area (Å²) in [7, 11) is 1.36. The number of aromatic nitrogens is 3. The number of methoxy groups -OCH3 is 1. The Morgan fingerprint density at radius 1 is 1.25 bits per heavy atom. The number of carbonyl (C=O) groups is 1. The van der Waals surface area contributed by atoms with Gasteiger partial charge >= 0.3 is 5.97 Å². The van der Waals surface area contributed by atoms with Crippen molar-refractivity contribution in [1.29, 1.82) is 0 Å². The van der Waals surface area contributed by atoms with Gasteiger partial charge in [-0.2, -0.15) is 0 Å². The summed E-state index contributed by atoms with van der Waals surface area (Å²) in [4.78, 5) is 11.6. The molecule has 1 aromatic carbocycles. The predicted octanol–water partition coefficient (Wildman–Crippen LogP) is 2.95. The van der Waals surface area contributed by atoms with Crippen molar-refractivity contribution < 1.29 is 9.53 Å². The van der Waals surface area contributed by atoms with E-state index in [2.05, 4.69) is 26.1 Å². The number of pyridine rings is 1. The van der Waals surface area contributed by atoms with Crippen LogP contribution >= 0.6 is 15.9 Å². The van der Waals surface area contributed by atoms with Crippen LogP contribution in [0.15, 0.2) is 47.1 Å². The Hall–Kier alpha value is -2.21. The first kappa shape index (κ1) is 12.8. The summed E-state index contributed by atoms with van der Waals surface area (Å²) >= 11 is 3.42. The van der Waals surface area contributed by atoms with E-state index in [1.807, 2.05) is 28.8 Å². The first-order chi connectivity index (χ1) is 9.69. The fourth-order valence-corrected chi connectivity index (χ4v) is 2.30. The molecule has 0 saturated carbocycles. The van der Waals surface area contributed by atoms with Crippen molar-refractivity contribution in [2.24, 2.45) is 0 Å². The molecular formula is C14H10BrN3O2. The van der Waals surface area contributed by atoms with Crippen LogP contribution < -0.4 is 0 Å². The van der Waals surface area contributed by atoms with E-state index >= 15 is 0 Å². The fraction of sp³-hybridized carbons (Fsp3) is 0.0714. The summed E-state index contributed by atoms with van der Waals surface area (Å²) in [5.41, 5.74) is 2.03. The molecule has 0 fully saturated rings. The van der Waals surface area contributed by atoms with Gasteiger partial charge in [0.1, 0.15) is 0 Å². The first-order valence-corrected chi connectivity index (χ1v) is 6.67. The van der Waals surface area contributed by atoms with Gasteiger partial charge in [0.05, 0.1) is 12.7 Å². The van der Waals surface area contributed by atoms with Crippen molar-refractivity contribution in [2.75, 3.05) is 7.11 Å². The number of esters is 1. The summed E-state index contributed by atoms with van der Waals surface area (Å²) in [6.45, 7) is 0. The van der Waals surface area contributed by atoms with Crippen molar-refractivity contribution in [2.45, 2.75) is 0 Å². The molecule has 2 aromatic heterocycles. The zero-order valence-corrected chi connectivity index (χ0v) is 12.2. The minimum atomic E-state index is -0.373. The molecule has 0 aliphatic heterocycles. The van der Waals surface area contributed by atoms with Crippen molar-refractivity contribution >= 4 is 27.5 Å². The van der Waals surface area contributed by atoms with Gasteiger partial charge in [-0.05, 0) is 40.2 Å². The molecule has 6 heteroatoms. The quantitative estimate of drug-likeness (QED) is 0.677. The standard InChI is InChI=1S/C14H10BrN3O2/c1-20-14(19)10-4-2-3-9(7-10)13-17-16-12-6-5-11(15)8-18(12)13/h2-8H,1H3. The van der Waals surface area contributed by atoms with Gasteiger partial charge in [-0.3, -0.25) is 4.40 Å². The SMILES string of the molecule is COC(=O)c1cccc(-c2nnc3ccc(Br)cn23)c1. The molecule has 0 atom stereocenters. The second-order valence-corrected chi connectivity index (χ2v) is 5.09. The van der Waals surface area contributed by atoms with Crippen LogP contribution in [0.5, 0.6) is 0 Å². The van der Waals surface area contributed by atoms with Crippen molar-refractivity contribution in [3.05, 3.63) is 52.6 Å². The zero-order chi connectivity index (χ0) is 14.1. The highest BCUT2D eigenvalue weighted by molar-refractivity contribution is 9.10. The number of hydrogen-bond donors (Lipinski definition) is 0. The van der Waals surface area contributed by atoms with Gasteiger partial charge < -0.3 is 4.74 Å². The van der Waals surface area contributed by atoms with Crippen LogP contribution in [0.2, 0.25) is 0 Å². The van der Waals surface area contributed by atoms with Crippen LogP contribution in [0.3, 0.4) is 0 Å². The van der Waals surface area contributed by atoms with Crippen LogP contribution in [0.25, 0.3) is 17.0 Å². The predicted molar refractivity (Wildman–Crippen MR) is 77.5 cm³/mol. The monoisotopic (exact) mass is 331 g/mol. The summed E-state index contributed by atoms with van der Waals surface area (Å²) in [6.07, 6.45) is 1.88. The van der Waals surface area contributed by atoms with Crippen LogP contribution in [0.4, 0.5) is 0 Å². The van der Waals surface area contributed by atoms with E-state index in [0.29, 0.717) is 11.4 Å². The average Bonchev–Trinajstić information content (AvgIpc) is 2.89. The van der Waals surface area contributed by atoms with Crippen molar-refractivity contribution in [3.63, 3.8) is 0 Å². The van der Waals surface area contributed by atoms with E-state index in [1.165, 1.54) is 7.11 Å². The lowest BCUT2D eigenvalue weighted by Crippen LogP contribution is -2.01. The molecule has 20 heavy (non-hydrogen) atoms. The molecule has 0 spiro atoms. The highest BCUT2D eigenvalue weighted by atomic mass is 79.9. The van der Waals surface area contributed by atoms with Gasteiger partial charge in [0.2, 0.25) is 0 Å². The minimum Gasteiger partial charge on any atom is -0.465 e. The second-order valence-electron chi connectivity index (χ2n) is 4.17. The molecule has 0 aliphatic carbocycles. The van der Waals surface area contributed by atoms with E-state index in [4.69, 9.17) is 4.74 Å². The molecule has 0 saturated heterocycles. The molecule has 3 aromatic rings. The lowest BCUT2D eigenvalue weighted by molar-refractivity contribution is 0.0601.